The molecule has 28 heavy (non-hydrogen) atoms. The number of hydrogen-bond acceptors (Lipinski definition) is 3. The number of aliphatic imine (C=N–C) groups is 1. The summed E-state index contributed by atoms with van der Waals surface area (Å²) in [6, 6.07) is 15.5. The zero-order valence-corrected chi connectivity index (χ0v) is 17.7. The highest BCUT2D eigenvalue weighted by Crippen LogP contribution is 2.37. The van der Waals surface area contributed by atoms with Crippen molar-refractivity contribution in [3.05, 3.63) is 86.6 Å². The van der Waals surface area contributed by atoms with E-state index in [1.807, 2.05) is 37.3 Å². The zero-order chi connectivity index (χ0) is 20.1. The summed E-state index contributed by atoms with van der Waals surface area (Å²) in [5.41, 5.74) is 3.54. The third kappa shape index (κ3) is 5.12. The Hall–Kier alpha value is -2.37. The number of ether oxygens (including phenoxy) is 2. The molecular formula is C22H18BrClFNO2. The number of nitrogens with zero attached hydrogens (tertiary/aromatic N) is 1. The second-order valence-corrected chi connectivity index (χ2v) is 7.43. The van der Waals surface area contributed by atoms with Crippen molar-refractivity contribution in [3.63, 3.8) is 0 Å². The molecule has 0 fully saturated rings. The molecule has 3 aromatic carbocycles. The van der Waals surface area contributed by atoms with Crippen molar-refractivity contribution in [2.75, 3.05) is 7.11 Å². The smallest absolute Gasteiger partial charge is 0.175 e. The molecule has 144 valence electrons. The van der Waals surface area contributed by atoms with Gasteiger partial charge in [0.1, 0.15) is 12.4 Å². The lowest BCUT2D eigenvalue weighted by Crippen LogP contribution is -1.99. The van der Waals surface area contributed by atoms with Crippen LogP contribution >= 0.6 is 27.5 Å². The lowest BCUT2D eigenvalue weighted by Gasteiger charge is -2.13. The van der Waals surface area contributed by atoms with E-state index in [2.05, 4.69) is 20.9 Å². The second kappa shape index (κ2) is 9.22. The molecule has 0 aromatic heterocycles. The lowest BCUT2D eigenvalue weighted by molar-refractivity contribution is 0.282. The van der Waals surface area contributed by atoms with E-state index in [4.69, 9.17) is 21.1 Å². The van der Waals surface area contributed by atoms with Gasteiger partial charge in [0.2, 0.25) is 0 Å². The van der Waals surface area contributed by atoms with E-state index in [1.54, 1.807) is 25.5 Å². The Morgan fingerprint density at radius 2 is 1.86 bits per heavy atom. The van der Waals surface area contributed by atoms with Crippen LogP contribution in [0.25, 0.3) is 0 Å². The summed E-state index contributed by atoms with van der Waals surface area (Å²) < 4.78 is 25.1. The Bertz CT molecular complexity index is 1010. The van der Waals surface area contributed by atoms with Crippen LogP contribution in [-0.4, -0.2) is 13.3 Å². The van der Waals surface area contributed by atoms with E-state index in [1.165, 1.54) is 12.1 Å². The number of benzene rings is 3. The van der Waals surface area contributed by atoms with Gasteiger partial charge in [-0.2, -0.15) is 0 Å². The van der Waals surface area contributed by atoms with Crippen molar-refractivity contribution in [3.8, 4) is 11.5 Å². The molecule has 0 aliphatic heterocycles. The average Bonchev–Trinajstić information content (AvgIpc) is 2.68. The predicted octanol–water partition coefficient (Wildman–Crippen LogP) is 6.89. The van der Waals surface area contributed by atoms with Crippen molar-refractivity contribution in [1.29, 1.82) is 0 Å². The normalized spacial score (nSPS) is 11.0. The van der Waals surface area contributed by atoms with Gasteiger partial charge in [0.15, 0.2) is 11.5 Å². The molecule has 0 bridgehead atoms. The average molecular weight is 463 g/mol. The van der Waals surface area contributed by atoms with Gasteiger partial charge in [0.25, 0.3) is 0 Å². The number of methoxy groups -OCH3 is 1. The molecule has 0 saturated heterocycles. The largest absolute Gasteiger partial charge is 0.493 e. The maximum atomic E-state index is 13.0. The van der Waals surface area contributed by atoms with Gasteiger partial charge in [-0.1, -0.05) is 29.8 Å². The van der Waals surface area contributed by atoms with Crippen LogP contribution in [0.1, 0.15) is 16.7 Å². The van der Waals surface area contributed by atoms with Gasteiger partial charge >= 0.3 is 0 Å². The van der Waals surface area contributed by atoms with Crippen molar-refractivity contribution in [2.24, 2.45) is 4.99 Å². The Morgan fingerprint density at radius 3 is 2.57 bits per heavy atom. The highest BCUT2D eigenvalue weighted by atomic mass is 79.9. The van der Waals surface area contributed by atoms with Crippen LogP contribution in [0.2, 0.25) is 5.02 Å². The molecular weight excluding hydrogens is 445 g/mol. The van der Waals surface area contributed by atoms with Gasteiger partial charge < -0.3 is 9.47 Å². The van der Waals surface area contributed by atoms with E-state index in [0.29, 0.717) is 23.1 Å². The summed E-state index contributed by atoms with van der Waals surface area (Å²) in [5, 5.41) is 0.640. The molecule has 0 N–H and O–H groups in total. The first-order valence-electron chi connectivity index (χ1n) is 8.51. The highest BCUT2D eigenvalue weighted by molar-refractivity contribution is 9.10. The van der Waals surface area contributed by atoms with Crippen LogP contribution < -0.4 is 9.47 Å². The van der Waals surface area contributed by atoms with E-state index in [-0.39, 0.29) is 5.82 Å². The summed E-state index contributed by atoms with van der Waals surface area (Å²) in [5.74, 6) is 0.866. The molecule has 3 nitrogen and oxygen atoms in total. The Kier molecular flexibility index (Phi) is 6.70. The fourth-order valence-electron chi connectivity index (χ4n) is 2.56. The Labute approximate surface area is 176 Å². The Morgan fingerprint density at radius 1 is 1.11 bits per heavy atom. The number of aryl methyl sites for hydroxylation is 1. The first-order chi connectivity index (χ1) is 13.5. The van der Waals surface area contributed by atoms with Gasteiger partial charge in [-0.25, -0.2) is 4.39 Å². The molecule has 6 heteroatoms. The summed E-state index contributed by atoms with van der Waals surface area (Å²) in [4.78, 5) is 4.52. The van der Waals surface area contributed by atoms with E-state index >= 15 is 0 Å². The molecule has 0 amide bonds. The predicted molar refractivity (Wildman–Crippen MR) is 115 cm³/mol. The summed E-state index contributed by atoms with van der Waals surface area (Å²) in [6.07, 6.45) is 1.75. The molecule has 0 heterocycles. The monoisotopic (exact) mass is 461 g/mol. The van der Waals surface area contributed by atoms with Crippen molar-refractivity contribution < 1.29 is 13.9 Å². The minimum atomic E-state index is -0.277. The molecule has 0 aliphatic carbocycles. The summed E-state index contributed by atoms with van der Waals surface area (Å²) in [7, 11) is 1.58. The van der Waals surface area contributed by atoms with Gasteiger partial charge in [0, 0.05) is 11.2 Å². The highest BCUT2D eigenvalue weighted by Gasteiger charge is 2.12. The van der Waals surface area contributed by atoms with Crippen LogP contribution in [0.5, 0.6) is 11.5 Å². The molecule has 0 aliphatic rings. The molecule has 3 rings (SSSR count). The summed E-state index contributed by atoms with van der Waals surface area (Å²) in [6.45, 7) is 2.27. The minimum absolute atomic E-state index is 0.277. The van der Waals surface area contributed by atoms with Crippen LogP contribution in [0.15, 0.2) is 64.1 Å². The molecule has 0 atom stereocenters. The molecule has 0 radical (unpaired) electrons. The Balaban J connectivity index is 1.81. The number of halogens is 3. The van der Waals surface area contributed by atoms with Gasteiger partial charge in [-0.3, -0.25) is 4.99 Å². The number of rotatable bonds is 6. The summed E-state index contributed by atoms with van der Waals surface area (Å²) >= 11 is 9.58. The second-order valence-electron chi connectivity index (χ2n) is 6.14. The van der Waals surface area contributed by atoms with Gasteiger partial charge in [-0.15, -0.1) is 0 Å². The first kappa shape index (κ1) is 20.4. The first-order valence-corrected chi connectivity index (χ1v) is 9.68. The van der Waals surface area contributed by atoms with Crippen molar-refractivity contribution in [1.82, 2.24) is 0 Å². The SMILES string of the molecule is COc1cc(C=Nc2cc(Cl)ccc2C)cc(Br)c1OCc1ccc(F)cc1. The van der Waals surface area contributed by atoms with Crippen LogP contribution in [0.3, 0.4) is 0 Å². The minimum Gasteiger partial charge on any atom is -0.493 e. The maximum Gasteiger partial charge on any atom is 0.175 e. The lowest BCUT2D eigenvalue weighted by atomic mass is 10.2. The number of hydrogen-bond donors (Lipinski definition) is 0. The van der Waals surface area contributed by atoms with E-state index in [9.17, 15) is 4.39 Å². The fraction of sp³-hybridized carbons (Fsp3) is 0.136. The fourth-order valence-corrected chi connectivity index (χ4v) is 3.30. The van der Waals surface area contributed by atoms with Gasteiger partial charge in [-0.05, 0) is 75.9 Å². The third-order valence-electron chi connectivity index (χ3n) is 4.07. The molecule has 0 saturated carbocycles. The van der Waals surface area contributed by atoms with E-state index in [0.717, 1.165) is 26.9 Å². The van der Waals surface area contributed by atoms with Crippen LogP contribution in [0, 0.1) is 12.7 Å². The molecule has 3 aromatic rings. The van der Waals surface area contributed by atoms with Crippen LogP contribution in [-0.2, 0) is 6.61 Å². The van der Waals surface area contributed by atoms with Crippen molar-refractivity contribution in [2.45, 2.75) is 13.5 Å². The topological polar surface area (TPSA) is 30.8 Å². The van der Waals surface area contributed by atoms with Crippen LogP contribution in [0.4, 0.5) is 10.1 Å². The van der Waals surface area contributed by atoms with Gasteiger partial charge in [0.05, 0.1) is 17.3 Å². The standard InChI is InChI=1S/C22H18BrClFNO2/c1-14-3-6-17(24)11-20(14)26-12-16-9-19(23)22(21(10-16)27-2)28-13-15-4-7-18(25)8-5-15/h3-12H,13H2,1-2H3. The quantitative estimate of drug-likeness (QED) is 0.374. The maximum absolute atomic E-state index is 13.0. The van der Waals surface area contributed by atoms with Crippen molar-refractivity contribution >= 4 is 39.4 Å². The molecule has 0 unspecified atom stereocenters. The zero-order valence-electron chi connectivity index (χ0n) is 15.4. The van der Waals surface area contributed by atoms with E-state index < -0.39 is 0 Å². The molecule has 0 spiro atoms. The third-order valence-corrected chi connectivity index (χ3v) is 4.90.